The Hall–Kier alpha value is -2.64. The average Bonchev–Trinajstić information content (AvgIpc) is 2.72. The van der Waals surface area contributed by atoms with E-state index in [4.69, 9.17) is 17.0 Å². The van der Waals surface area contributed by atoms with Gasteiger partial charge in [-0.3, -0.25) is 5.43 Å². The molecule has 0 aliphatic rings. The standard InChI is InChI=1S/C21H28N4O2S/c1-5-25(6-2)14-17-13-16(7-12-20(17)26)15(3)23-24-21(28)22-18-8-10-19(27-4)11-9-18/h7-13,26H,5-6,14H2,1-4H3,(H2,22,24,28)/p+1/b23-15+. The summed E-state index contributed by atoms with van der Waals surface area (Å²) in [5.41, 5.74) is 6.36. The summed E-state index contributed by atoms with van der Waals surface area (Å²) in [5, 5.41) is 18.0. The predicted molar refractivity (Wildman–Crippen MR) is 118 cm³/mol. The molecule has 0 heterocycles. The van der Waals surface area contributed by atoms with Crippen LogP contribution in [-0.4, -0.2) is 36.1 Å². The maximum atomic E-state index is 10.2. The van der Waals surface area contributed by atoms with Crippen molar-refractivity contribution in [1.29, 1.82) is 0 Å². The number of phenolic OH excluding ortho intramolecular Hbond substituents is 1. The lowest BCUT2D eigenvalue weighted by molar-refractivity contribution is -0.910. The predicted octanol–water partition coefficient (Wildman–Crippen LogP) is 2.54. The van der Waals surface area contributed by atoms with Gasteiger partial charge >= 0.3 is 0 Å². The summed E-state index contributed by atoms with van der Waals surface area (Å²) in [6, 6.07) is 13.0. The molecule has 0 spiro atoms. The Kier molecular flexibility index (Phi) is 8.22. The number of methoxy groups -OCH3 is 1. The first kappa shape index (κ1) is 21.7. The van der Waals surface area contributed by atoms with E-state index in [-0.39, 0.29) is 0 Å². The van der Waals surface area contributed by atoms with Gasteiger partial charge in [0.15, 0.2) is 5.11 Å². The number of benzene rings is 2. The Bertz CT molecular complexity index is 818. The van der Waals surface area contributed by atoms with Gasteiger partial charge in [-0.15, -0.1) is 0 Å². The van der Waals surface area contributed by atoms with Crippen LogP contribution in [0.15, 0.2) is 47.6 Å². The molecule has 2 aromatic carbocycles. The minimum Gasteiger partial charge on any atom is -0.507 e. The number of hydrogen-bond acceptors (Lipinski definition) is 4. The molecule has 6 nitrogen and oxygen atoms in total. The van der Waals surface area contributed by atoms with E-state index in [1.54, 1.807) is 13.2 Å². The molecule has 0 unspecified atom stereocenters. The Morgan fingerprint density at radius 1 is 1.14 bits per heavy atom. The number of nitrogens with zero attached hydrogens (tertiary/aromatic N) is 1. The van der Waals surface area contributed by atoms with Crippen molar-refractivity contribution in [2.45, 2.75) is 27.3 Å². The van der Waals surface area contributed by atoms with Crippen LogP contribution in [0.3, 0.4) is 0 Å². The SMILES string of the molecule is CC[NH+](CC)Cc1cc(/C(C)=N/NC(=S)Nc2ccc(OC)cc2)ccc1O. The van der Waals surface area contributed by atoms with E-state index >= 15 is 0 Å². The molecule has 0 radical (unpaired) electrons. The van der Waals surface area contributed by atoms with Crippen molar-refractivity contribution in [2.75, 3.05) is 25.5 Å². The zero-order valence-corrected chi connectivity index (χ0v) is 17.7. The quantitative estimate of drug-likeness (QED) is 0.311. The van der Waals surface area contributed by atoms with Crippen molar-refractivity contribution in [3.05, 3.63) is 53.6 Å². The van der Waals surface area contributed by atoms with Crippen LogP contribution in [0.1, 0.15) is 31.9 Å². The van der Waals surface area contributed by atoms with E-state index in [1.807, 2.05) is 43.3 Å². The van der Waals surface area contributed by atoms with Gasteiger partial charge < -0.3 is 20.1 Å². The Morgan fingerprint density at radius 3 is 2.43 bits per heavy atom. The van der Waals surface area contributed by atoms with Crippen molar-refractivity contribution >= 4 is 28.7 Å². The number of ether oxygens (including phenoxy) is 1. The molecule has 7 heteroatoms. The number of nitrogens with one attached hydrogen (secondary N) is 3. The molecule has 4 N–H and O–H groups in total. The second-order valence-corrected chi connectivity index (χ2v) is 6.88. The molecular weight excluding hydrogens is 372 g/mol. The zero-order chi connectivity index (χ0) is 20.5. The van der Waals surface area contributed by atoms with Gasteiger partial charge in [-0.25, -0.2) is 0 Å². The first-order valence-corrected chi connectivity index (χ1v) is 9.78. The van der Waals surface area contributed by atoms with Gasteiger partial charge in [0.2, 0.25) is 0 Å². The summed E-state index contributed by atoms with van der Waals surface area (Å²) in [4.78, 5) is 1.41. The number of thiocarbonyl (C=S) groups is 1. The summed E-state index contributed by atoms with van der Waals surface area (Å²) in [6.45, 7) is 9.01. The topological polar surface area (TPSA) is 70.3 Å². The monoisotopic (exact) mass is 401 g/mol. The van der Waals surface area contributed by atoms with Crippen LogP contribution in [0, 0.1) is 0 Å². The van der Waals surface area contributed by atoms with E-state index in [0.717, 1.165) is 47.9 Å². The summed E-state index contributed by atoms with van der Waals surface area (Å²) >= 11 is 5.30. The molecule has 0 saturated carbocycles. The summed E-state index contributed by atoms with van der Waals surface area (Å²) in [5.74, 6) is 1.11. The lowest BCUT2D eigenvalue weighted by Crippen LogP contribution is -3.10. The number of hydrogen-bond donors (Lipinski definition) is 4. The molecule has 2 rings (SSSR count). The Morgan fingerprint density at radius 2 is 1.82 bits per heavy atom. The Balaban J connectivity index is 2.02. The van der Waals surface area contributed by atoms with E-state index in [0.29, 0.717) is 10.9 Å². The third kappa shape index (κ3) is 6.21. The van der Waals surface area contributed by atoms with Gasteiger partial charge in [0, 0.05) is 11.3 Å². The van der Waals surface area contributed by atoms with Crippen molar-refractivity contribution in [2.24, 2.45) is 5.10 Å². The second-order valence-electron chi connectivity index (χ2n) is 6.47. The van der Waals surface area contributed by atoms with Crippen molar-refractivity contribution in [3.8, 4) is 11.5 Å². The number of phenols is 1. The largest absolute Gasteiger partial charge is 0.507 e. The van der Waals surface area contributed by atoms with Gasteiger partial charge in [-0.1, -0.05) is 0 Å². The van der Waals surface area contributed by atoms with Gasteiger partial charge in [-0.2, -0.15) is 5.10 Å². The number of hydrazone groups is 1. The van der Waals surface area contributed by atoms with Gasteiger partial charge in [0.1, 0.15) is 18.0 Å². The van der Waals surface area contributed by atoms with Gasteiger partial charge in [-0.05, 0) is 81.0 Å². The third-order valence-corrected chi connectivity index (χ3v) is 4.80. The smallest absolute Gasteiger partial charge is 0.191 e. The number of quaternary nitrogens is 1. The summed E-state index contributed by atoms with van der Waals surface area (Å²) in [6.07, 6.45) is 0. The maximum absolute atomic E-state index is 10.2. The minimum absolute atomic E-state index is 0.320. The molecule has 150 valence electrons. The number of anilines is 1. The lowest BCUT2D eigenvalue weighted by Gasteiger charge is -2.16. The second kappa shape index (κ2) is 10.6. The van der Waals surface area contributed by atoms with Gasteiger partial charge in [0.05, 0.1) is 25.9 Å². The van der Waals surface area contributed by atoms with E-state index < -0.39 is 0 Å². The third-order valence-electron chi connectivity index (χ3n) is 4.61. The average molecular weight is 402 g/mol. The van der Waals surface area contributed by atoms with E-state index in [2.05, 4.69) is 29.7 Å². The first-order chi connectivity index (χ1) is 13.5. The fourth-order valence-electron chi connectivity index (χ4n) is 2.75. The van der Waals surface area contributed by atoms with Gasteiger partial charge in [0.25, 0.3) is 0 Å². The highest BCUT2D eigenvalue weighted by atomic mass is 32.1. The molecule has 28 heavy (non-hydrogen) atoms. The minimum atomic E-state index is 0.320. The fourth-order valence-corrected chi connectivity index (χ4v) is 2.92. The molecule has 0 atom stereocenters. The van der Waals surface area contributed by atoms with Crippen LogP contribution in [0.25, 0.3) is 0 Å². The van der Waals surface area contributed by atoms with E-state index in [1.165, 1.54) is 4.90 Å². The molecule has 0 amide bonds. The molecule has 0 saturated heterocycles. The molecular formula is C21H29N4O2S+. The maximum Gasteiger partial charge on any atom is 0.191 e. The summed E-state index contributed by atoms with van der Waals surface area (Å²) < 4.78 is 5.14. The molecule has 2 aromatic rings. The molecule has 0 aliphatic carbocycles. The highest BCUT2D eigenvalue weighted by Gasteiger charge is 2.11. The molecule has 0 aromatic heterocycles. The normalized spacial score (nSPS) is 11.4. The van der Waals surface area contributed by atoms with Crippen LogP contribution < -0.4 is 20.4 Å². The van der Waals surface area contributed by atoms with Crippen LogP contribution in [-0.2, 0) is 6.54 Å². The van der Waals surface area contributed by atoms with Crippen molar-refractivity contribution in [1.82, 2.24) is 5.43 Å². The Labute approximate surface area is 172 Å². The highest BCUT2D eigenvalue weighted by Crippen LogP contribution is 2.18. The zero-order valence-electron chi connectivity index (χ0n) is 16.9. The van der Waals surface area contributed by atoms with Crippen LogP contribution >= 0.6 is 12.2 Å². The fraction of sp³-hybridized carbons (Fsp3) is 0.333. The molecule has 0 aliphatic heterocycles. The molecule has 0 fully saturated rings. The first-order valence-electron chi connectivity index (χ1n) is 9.38. The van der Waals surface area contributed by atoms with Crippen molar-refractivity contribution < 1.29 is 14.7 Å². The summed E-state index contributed by atoms with van der Waals surface area (Å²) in [7, 11) is 1.63. The van der Waals surface area contributed by atoms with E-state index in [9.17, 15) is 5.11 Å². The van der Waals surface area contributed by atoms with Crippen LogP contribution in [0.5, 0.6) is 11.5 Å². The van der Waals surface area contributed by atoms with Crippen LogP contribution in [0.4, 0.5) is 5.69 Å². The number of aromatic hydroxyl groups is 1. The van der Waals surface area contributed by atoms with Crippen LogP contribution in [0.2, 0.25) is 0 Å². The lowest BCUT2D eigenvalue weighted by atomic mass is 10.1. The molecule has 0 bridgehead atoms. The number of rotatable bonds is 8. The highest BCUT2D eigenvalue weighted by molar-refractivity contribution is 7.80. The van der Waals surface area contributed by atoms with Crippen molar-refractivity contribution in [3.63, 3.8) is 0 Å².